The molecule has 0 bridgehead atoms. The summed E-state index contributed by atoms with van der Waals surface area (Å²) in [7, 11) is 0. The molecule has 0 aliphatic carbocycles. The molecule has 0 saturated heterocycles. The molecule has 1 aromatic heterocycles. The van der Waals surface area contributed by atoms with Crippen molar-refractivity contribution in [2.24, 2.45) is 0 Å². The number of halogens is 4. The van der Waals surface area contributed by atoms with Crippen molar-refractivity contribution in [2.75, 3.05) is 0 Å². The first-order chi connectivity index (χ1) is 9.20. The Hall–Kier alpha value is -1.23. The Kier molecular flexibility index (Phi) is 4.00. The maximum Gasteiger partial charge on any atom is 0.391 e. The number of fused-ring (bicyclic) bond motifs is 1. The van der Waals surface area contributed by atoms with E-state index in [1.54, 1.807) is 24.5 Å². The van der Waals surface area contributed by atoms with E-state index in [0.29, 0.717) is 16.9 Å². The molecule has 0 amide bonds. The van der Waals surface area contributed by atoms with Gasteiger partial charge in [0, 0.05) is 6.04 Å². The van der Waals surface area contributed by atoms with Gasteiger partial charge in [-0.2, -0.15) is 13.2 Å². The van der Waals surface area contributed by atoms with Crippen LogP contribution in [0.3, 0.4) is 0 Å². The molecule has 6 heteroatoms. The third kappa shape index (κ3) is 2.92. The molecule has 0 aliphatic heterocycles. The largest absolute Gasteiger partial charge is 0.391 e. The summed E-state index contributed by atoms with van der Waals surface area (Å²) >= 11 is 6.08. The summed E-state index contributed by atoms with van der Waals surface area (Å²) in [5, 5.41) is -0.447. The SMILES string of the molecule is Cc1cccc2c1nc(C(C)Cl)n2C(C)CC(F)(F)F. The average Bonchev–Trinajstić information content (AvgIpc) is 2.67. The van der Waals surface area contributed by atoms with Crippen LogP contribution < -0.4 is 0 Å². The van der Waals surface area contributed by atoms with E-state index >= 15 is 0 Å². The molecule has 2 nitrogen and oxygen atoms in total. The van der Waals surface area contributed by atoms with Crippen molar-refractivity contribution in [3.8, 4) is 0 Å². The molecular formula is C14H16ClF3N2. The number of hydrogen-bond donors (Lipinski definition) is 0. The van der Waals surface area contributed by atoms with Gasteiger partial charge in [0.05, 0.1) is 22.8 Å². The summed E-state index contributed by atoms with van der Waals surface area (Å²) in [6.07, 6.45) is -5.12. The summed E-state index contributed by atoms with van der Waals surface area (Å²) in [5.74, 6) is 0.479. The quantitative estimate of drug-likeness (QED) is 0.716. The minimum absolute atomic E-state index is 0.447. The van der Waals surface area contributed by atoms with Crippen molar-refractivity contribution < 1.29 is 13.2 Å². The Morgan fingerprint density at radius 3 is 2.50 bits per heavy atom. The smallest absolute Gasteiger partial charge is 0.324 e. The van der Waals surface area contributed by atoms with Crippen LogP contribution in [0, 0.1) is 6.92 Å². The van der Waals surface area contributed by atoms with E-state index in [1.165, 1.54) is 0 Å². The highest BCUT2D eigenvalue weighted by molar-refractivity contribution is 6.20. The normalized spacial score (nSPS) is 15.6. The van der Waals surface area contributed by atoms with E-state index in [2.05, 4.69) is 4.98 Å². The van der Waals surface area contributed by atoms with Gasteiger partial charge in [-0.1, -0.05) is 12.1 Å². The van der Waals surface area contributed by atoms with Crippen LogP contribution in [0.2, 0.25) is 0 Å². The van der Waals surface area contributed by atoms with E-state index in [0.717, 1.165) is 5.56 Å². The number of imidazole rings is 1. The van der Waals surface area contributed by atoms with Crippen LogP contribution in [0.5, 0.6) is 0 Å². The lowest BCUT2D eigenvalue weighted by Crippen LogP contribution is -2.18. The number of aryl methyl sites for hydroxylation is 1. The van der Waals surface area contributed by atoms with E-state index in [4.69, 9.17) is 11.6 Å². The number of hydrogen-bond acceptors (Lipinski definition) is 1. The molecule has 0 radical (unpaired) electrons. The van der Waals surface area contributed by atoms with Crippen molar-refractivity contribution in [2.45, 2.75) is 44.8 Å². The molecule has 0 fully saturated rings. The minimum Gasteiger partial charge on any atom is -0.324 e. The van der Waals surface area contributed by atoms with E-state index < -0.39 is 24.0 Å². The Labute approximate surface area is 120 Å². The molecule has 0 spiro atoms. The first kappa shape index (κ1) is 15.2. The van der Waals surface area contributed by atoms with E-state index in [1.807, 2.05) is 19.1 Å². The van der Waals surface area contributed by atoms with Gasteiger partial charge in [0.25, 0.3) is 0 Å². The number of para-hydroxylation sites is 1. The maximum atomic E-state index is 12.6. The van der Waals surface area contributed by atoms with Crippen LogP contribution in [0.4, 0.5) is 13.2 Å². The summed E-state index contributed by atoms with van der Waals surface area (Å²) in [4.78, 5) is 4.43. The molecule has 0 saturated carbocycles. The lowest BCUT2D eigenvalue weighted by molar-refractivity contribution is -0.141. The molecular weight excluding hydrogens is 289 g/mol. The van der Waals surface area contributed by atoms with Crippen LogP contribution in [0.25, 0.3) is 11.0 Å². The highest BCUT2D eigenvalue weighted by atomic mass is 35.5. The van der Waals surface area contributed by atoms with Gasteiger partial charge in [-0.15, -0.1) is 11.6 Å². The van der Waals surface area contributed by atoms with Gasteiger partial charge >= 0.3 is 6.18 Å². The van der Waals surface area contributed by atoms with Crippen LogP contribution in [-0.4, -0.2) is 15.7 Å². The van der Waals surface area contributed by atoms with Crippen LogP contribution in [0.15, 0.2) is 18.2 Å². The molecule has 1 aromatic carbocycles. The van der Waals surface area contributed by atoms with Crippen LogP contribution in [0.1, 0.15) is 43.1 Å². The fourth-order valence-electron chi connectivity index (χ4n) is 2.45. The first-order valence-corrected chi connectivity index (χ1v) is 6.82. The first-order valence-electron chi connectivity index (χ1n) is 6.39. The van der Waals surface area contributed by atoms with Gasteiger partial charge in [-0.3, -0.25) is 0 Å². The highest BCUT2D eigenvalue weighted by Crippen LogP contribution is 2.34. The van der Waals surface area contributed by atoms with Gasteiger partial charge < -0.3 is 4.57 Å². The Morgan fingerprint density at radius 1 is 1.30 bits per heavy atom. The second-order valence-corrected chi connectivity index (χ2v) is 5.72. The zero-order chi connectivity index (χ0) is 15.1. The number of alkyl halides is 4. The molecule has 2 aromatic rings. The summed E-state index contributed by atoms with van der Waals surface area (Å²) < 4.78 is 39.5. The molecule has 2 rings (SSSR count). The fourth-order valence-corrected chi connectivity index (χ4v) is 2.60. The number of nitrogens with zero attached hydrogens (tertiary/aromatic N) is 2. The monoisotopic (exact) mass is 304 g/mol. The van der Waals surface area contributed by atoms with Crippen molar-refractivity contribution in [1.82, 2.24) is 9.55 Å². The minimum atomic E-state index is -4.22. The van der Waals surface area contributed by atoms with Gasteiger partial charge in [0.1, 0.15) is 5.82 Å². The predicted molar refractivity (Wildman–Crippen MR) is 74.1 cm³/mol. The van der Waals surface area contributed by atoms with Crippen molar-refractivity contribution in [3.05, 3.63) is 29.6 Å². The molecule has 20 heavy (non-hydrogen) atoms. The van der Waals surface area contributed by atoms with Crippen LogP contribution >= 0.6 is 11.6 Å². The summed E-state index contributed by atoms with van der Waals surface area (Å²) in [6, 6.07) is 4.75. The van der Waals surface area contributed by atoms with Crippen molar-refractivity contribution in [3.63, 3.8) is 0 Å². The fraction of sp³-hybridized carbons (Fsp3) is 0.500. The molecule has 2 unspecified atom stereocenters. The van der Waals surface area contributed by atoms with Crippen molar-refractivity contribution >= 4 is 22.6 Å². The second kappa shape index (κ2) is 5.28. The Balaban J connectivity index is 2.60. The predicted octanol–water partition coefficient (Wildman–Crippen LogP) is 5.16. The zero-order valence-corrected chi connectivity index (χ0v) is 12.3. The lowest BCUT2D eigenvalue weighted by atomic mass is 10.2. The second-order valence-electron chi connectivity index (χ2n) is 5.07. The number of aromatic nitrogens is 2. The maximum absolute atomic E-state index is 12.6. The topological polar surface area (TPSA) is 17.8 Å². The molecule has 1 heterocycles. The van der Waals surface area contributed by atoms with Gasteiger partial charge in [-0.05, 0) is 32.4 Å². The molecule has 0 aliphatic rings. The van der Waals surface area contributed by atoms with Crippen molar-refractivity contribution in [1.29, 1.82) is 0 Å². The summed E-state index contributed by atoms with van der Waals surface area (Å²) in [5.41, 5.74) is 2.34. The third-order valence-electron chi connectivity index (χ3n) is 3.27. The summed E-state index contributed by atoms with van der Waals surface area (Å²) in [6.45, 7) is 5.14. The van der Waals surface area contributed by atoms with Crippen LogP contribution in [-0.2, 0) is 0 Å². The van der Waals surface area contributed by atoms with Gasteiger partial charge in [0.15, 0.2) is 0 Å². The Morgan fingerprint density at radius 2 is 1.95 bits per heavy atom. The zero-order valence-electron chi connectivity index (χ0n) is 11.5. The standard InChI is InChI=1S/C14H16ClF3N2/c1-8-5-4-6-11-12(8)19-13(10(3)15)20(11)9(2)7-14(16,17)18/h4-6,9-10H,7H2,1-3H3. The van der Waals surface area contributed by atoms with E-state index in [-0.39, 0.29) is 0 Å². The van der Waals surface area contributed by atoms with E-state index in [9.17, 15) is 13.2 Å². The highest BCUT2D eigenvalue weighted by Gasteiger charge is 2.32. The molecule has 0 N–H and O–H groups in total. The molecule has 2 atom stereocenters. The Bertz CT molecular complexity index is 617. The van der Waals surface area contributed by atoms with Gasteiger partial charge in [0.2, 0.25) is 0 Å². The lowest BCUT2D eigenvalue weighted by Gasteiger charge is -2.20. The average molecular weight is 305 g/mol. The number of rotatable bonds is 3. The number of benzene rings is 1. The van der Waals surface area contributed by atoms with Gasteiger partial charge in [-0.25, -0.2) is 4.98 Å². The third-order valence-corrected chi connectivity index (χ3v) is 3.47. The molecule has 110 valence electrons.